The average Bonchev–Trinajstić information content (AvgIpc) is 2.98. The molecule has 3 rings (SSSR count). The quantitative estimate of drug-likeness (QED) is 0.847. The summed E-state index contributed by atoms with van der Waals surface area (Å²) < 4.78 is 0. The molecule has 0 radical (unpaired) electrons. The first-order chi connectivity index (χ1) is 8.75. The molecule has 0 bridgehead atoms. The number of rotatable bonds is 2. The van der Waals surface area contributed by atoms with Crippen LogP contribution in [0.5, 0.6) is 0 Å². The Kier molecular flexibility index (Phi) is 3.66. The molecule has 1 heterocycles. The molecule has 18 heavy (non-hydrogen) atoms. The number of fused-ring (bicyclic) bond motifs is 1. The van der Waals surface area contributed by atoms with Gasteiger partial charge in [0.2, 0.25) is 5.91 Å². The molecule has 3 atom stereocenters. The summed E-state index contributed by atoms with van der Waals surface area (Å²) in [7, 11) is 0. The van der Waals surface area contributed by atoms with Gasteiger partial charge in [0.25, 0.3) is 0 Å². The van der Waals surface area contributed by atoms with E-state index in [0.717, 1.165) is 18.6 Å². The molecule has 1 aliphatic carbocycles. The third kappa shape index (κ3) is 2.32. The molecule has 1 N–H and O–H groups in total. The summed E-state index contributed by atoms with van der Waals surface area (Å²) in [6.07, 6.45) is 3.19. The van der Waals surface area contributed by atoms with Crippen molar-refractivity contribution in [1.29, 1.82) is 0 Å². The van der Waals surface area contributed by atoms with Crippen molar-refractivity contribution in [1.82, 2.24) is 5.32 Å². The summed E-state index contributed by atoms with van der Waals surface area (Å²) in [6, 6.07) is 8.53. The van der Waals surface area contributed by atoms with E-state index in [2.05, 4.69) is 39.4 Å². The summed E-state index contributed by atoms with van der Waals surface area (Å²) in [5, 5.41) is 3.38. The van der Waals surface area contributed by atoms with E-state index in [1.54, 1.807) is 11.8 Å². The Morgan fingerprint density at radius 2 is 2.22 bits per heavy atom. The number of benzene rings is 1. The van der Waals surface area contributed by atoms with Crippen LogP contribution in [-0.4, -0.2) is 21.7 Å². The van der Waals surface area contributed by atoms with Crippen molar-refractivity contribution in [3.63, 3.8) is 0 Å². The third-order valence-electron chi connectivity index (χ3n) is 3.69. The van der Waals surface area contributed by atoms with Gasteiger partial charge in [-0.2, -0.15) is 0 Å². The molecule has 1 saturated heterocycles. The monoisotopic (exact) mass is 325 g/mol. The van der Waals surface area contributed by atoms with Gasteiger partial charge in [-0.15, -0.1) is 11.8 Å². The van der Waals surface area contributed by atoms with Crippen molar-refractivity contribution in [2.45, 2.75) is 35.4 Å². The van der Waals surface area contributed by atoms with E-state index in [0.29, 0.717) is 4.83 Å². The highest BCUT2D eigenvalue weighted by Gasteiger charge is 2.33. The zero-order valence-electron chi connectivity index (χ0n) is 10.1. The van der Waals surface area contributed by atoms with Gasteiger partial charge >= 0.3 is 0 Å². The molecule has 0 spiro atoms. The lowest BCUT2D eigenvalue weighted by molar-refractivity contribution is -0.121. The zero-order valence-corrected chi connectivity index (χ0v) is 12.5. The number of hydrogen-bond acceptors (Lipinski definition) is 2. The lowest BCUT2D eigenvalue weighted by Gasteiger charge is -2.19. The van der Waals surface area contributed by atoms with Gasteiger partial charge in [-0.25, -0.2) is 0 Å². The second kappa shape index (κ2) is 5.25. The minimum atomic E-state index is 0.134. The molecule has 1 aromatic rings. The fourth-order valence-electron chi connectivity index (χ4n) is 2.75. The number of carbonyl (C=O) groups is 1. The first-order valence-corrected chi connectivity index (χ1v) is 8.36. The van der Waals surface area contributed by atoms with Gasteiger partial charge in [0, 0.05) is 4.83 Å². The minimum absolute atomic E-state index is 0.134. The van der Waals surface area contributed by atoms with Gasteiger partial charge in [0.05, 0.1) is 11.3 Å². The fraction of sp³-hybridized carbons (Fsp3) is 0.500. The Bertz CT molecular complexity index is 459. The van der Waals surface area contributed by atoms with E-state index in [1.807, 2.05) is 6.07 Å². The number of alkyl halides is 1. The van der Waals surface area contributed by atoms with Crippen LogP contribution < -0.4 is 5.32 Å². The highest BCUT2D eigenvalue weighted by atomic mass is 79.9. The van der Waals surface area contributed by atoms with Gasteiger partial charge in [0.1, 0.15) is 0 Å². The summed E-state index contributed by atoms with van der Waals surface area (Å²) in [5.74, 6) is 1.33. The third-order valence-corrected chi connectivity index (χ3v) is 5.92. The summed E-state index contributed by atoms with van der Waals surface area (Å²) in [6.45, 7) is 0. The van der Waals surface area contributed by atoms with Crippen molar-refractivity contribution in [2.75, 3.05) is 5.75 Å². The van der Waals surface area contributed by atoms with E-state index in [-0.39, 0.29) is 17.2 Å². The standard InChI is InChI=1S/C14H16BrNOS/c15-11-8-9-4-1-2-5-10(9)13(11)16-14(17)12-6-3-7-18-12/h1-2,4-5,11-13H,3,6-8H2,(H,16,17). The Hall–Kier alpha value is -0.480. The molecule has 3 unspecified atom stereocenters. The van der Waals surface area contributed by atoms with E-state index < -0.39 is 0 Å². The van der Waals surface area contributed by atoms with Crippen LogP contribution in [0.2, 0.25) is 0 Å². The van der Waals surface area contributed by atoms with Crippen molar-refractivity contribution in [2.24, 2.45) is 0 Å². The van der Waals surface area contributed by atoms with Crippen molar-refractivity contribution in [3.05, 3.63) is 35.4 Å². The summed E-state index contributed by atoms with van der Waals surface area (Å²) >= 11 is 5.49. The van der Waals surface area contributed by atoms with E-state index in [4.69, 9.17) is 0 Å². The fourth-order valence-corrected chi connectivity index (χ4v) is 4.68. The zero-order chi connectivity index (χ0) is 12.5. The van der Waals surface area contributed by atoms with Gasteiger partial charge in [-0.3, -0.25) is 4.79 Å². The van der Waals surface area contributed by atoms with Crippen molar-refractivity contribution >= 4 is 33.6 Å². The van der Waals surface area contributed by atoms with Crippen LogP contribution >= 0.6 is 27.7 Å². The Labute approximate surface area is 120 Å². The first kappa shape index (κ1) is 12.5. The minimum Gasteiger partial charge on any atom is -0.347 e. The number of nitrogens with one attached hydrogen (secondary N) is 1. The smallest absolute Gasteiger partial charge is 0.233 e. The van der Waals surface area contributed by atoms with Gasteiger partial charge < -0.3 is 5.32 Å². The molecule has 0 saturated carbocycles. The molecule has 1 aromatic carbocycles. The maximum Gasteiger partial charge on any atom is 0.233 e. The lowest BCUT2D eigenvalue weighted by atomic mass is 10.1. The molecule has 1 aliphatic heterocycles. The first-order valence-electron chi connectivity index (χ1n) is 6.39. The van der Waals surface area contributed by atoms with Gasteiger partial charge in [0.15, 0.2) is 0 Å². The maximum absolute atomic E-state index is 12.2. The molecule has 2 nitrogen and oxygen atoms in total. The summed E-state index contributed by atoms with van der Waals surface area (Å²) in [5.41, 5.74) is 2.62. The topological polar surface area (TPSA) is 29.1 Å². The Balaban J connectivity index is 1.74. The van der Waals surface area contributed by atoms with Crippen molar-refractivity contribution < 1.29 is 4.79 Å². The van der Waals surface area contributed by atoms with E-state index in [1.165, 1.54) is 17.5 Å². The summed E-state index contributed by atoms with van der Waals surface area (Å²) in [4.78, 5) is 12.5. The highest BCUT2D eigenvalue weighted by Crippen LogP contribution is 2.36. The lowest BCUT2D eigenvalue weighted by Crippen LogP contribution is -2.36. The van der Waals surface area contributed by atoms with Crippen LogP contribution in [0.1, 0.15) is 30.0 Å². The largest absolute Gasteiger partial charge is 0.347 e. The van der Waals surface area contributed by atoms with E-state index in [9.17, 15) is 4.79 Å². The molecular formula is C14H16BrNOS. The van der Waals surface area contributed by atoms with Crippen LogP contribution in [0.4, 0.5) is 0 Å². The molecule has 1 fully saturated rings. The highest BCUT2D eigenvalue weighted by molar-refractivity contribution is 9.09. The SMILES string of the molecule is O=C(NC1c2ccccc2CC1Br)C1CCCS1. The number of amides is 1. The average molecular weight is 326 g/mol. The predicted molar refractivity (Wildman–Crippen MR) is 79.2 cm³/mol. The molecule has 1 amide bonds. The second-order valence-electron chi connectivity index (χ2n) is 4.91. The number of thioether (sulfide) groups is 1. The molecule has 0 aromatic heterocycles. The number of carbonyl (C=O) groups excluding carboxylic acids is 1. The van der Waals surface area contributed by atoms with Crippen LogP contribution in [-0.2, 0) is 11.2 Å². The predicted octanol–water partition coefficient (Wildman–Crippen LogP) is 3.06. The molecule has 2 aliphatic rings. The van der Waals surface area contributed by atoms with Gasteiger partial charge in [-0.05, 0) is 36.1 Å². The van der Waals surface area contributed by atoms with Crippen LogP contribution in [0, 0.1) is 0 Å². The maximum atomic E-state index is 12.2. The molecule has 96 valence electrons. The molecular weight excluding hydrogens is 310 g/mol. The van der Waals surface area contributed by atoms with Gasteiger partial charge in [-0.1, -0.05) is 40.2 Å². The van der Waals surface area contributed by atoms with Crippen LogP contribution in [0.15, 0.2) is 24.3 Å². The number of hydrogen-bond donors (Lipinski definition) is 1. The normalized spacial score (nSPS) is 30.2. The second-order valence-corrected chi connectivity index (χ2v) is 7.39. The number of halogens is 1. The molecule has 4 heteroatoms. The van der Waals surface area contributed by atoms with Crippen molar-refractivity contribution in [3.8, 4) is 0 Å². The Morgan fingerprint density at radius 3 is 3.00 bits per heavy atom. The van der Waals surface area contributed by atoms with Crippen LogP contribution in [0.3, 0.4) is 0 Å². The van der Waals surface area contributed by atoms with Crippen LogP contribution in [0.25, 0.3) is 0 Å². The van der Waals surface area contributed by atoms with E-state index >= 15 is 0 Å². The Morgan fingerprint density at radius 1 is 1.39 bits per heavy atom.